The molecule has 2 heterocycles. The van der Waals surface area contributed by atoms with Gasteiger partial charge in [0, 0.05) is 32.0 Å². The van der Waals surface area contributed by atoms with Gasteiger partial charge < -0.3 is 10.6 Å². The van der Waals surface area contributed by atoms with Crippen molar-refractivity contribution in [3.8, 4) is 0 Å². The van der Waals surface area contributed by atoms with E-state index in [4.69, 9.17) is 5.73 Å². The molecule has 1 aromatic heterocycles. The van der Waals surface area contributed by atoms with E-state index >= 15 is 0 Å². The van der Waals surface area contributed by atoms with E-state index in [0.717, 1.165) is 26.1 Å². The summed E-state index contributed by atoms with van der Waals surface area (Å²) in [5, 5.41) is 0. The lowest BCUT2D eigenvalue weighted by atomic mass is 9.99. The van der Waals surface area contributed by atoms with Crippen molar-refractivity contribution in [2.24, 2.45) is 11.7 Å². The molecule has 0 atom stereocenters. The zero-order valence-electron chi connectivity index (χ0n) is 8.60. The molecule has 1 aliphatic heterocycles. The first-order valence-electron chi connectivity index (χ1n) is 5.16. The summed E-state index contributed by atoms with van der Waals surface area (Å²) in [6, 6.07) is 4.01. The molecule has 2 N–H and O–H groups in total. The summed E-state index contributed by atoms with van der Waals surface area (Å²) in [6.45, 7) is 2.61. The molecule has 0 spiro atoms. The smallest absolute Gasteiger partial charge is 0.223 e. The van der Waals surface area contributed by atoms with Gasteiger partial charge >= 0.3 is 0 Å². The topological polar surface area (TPSA) is 59.2 Å². The lowest BCUT2D eigenvalue weighted by Crippen LogP contribution is -2.52. The van der Waals surface area contributed by atoms with Gasteiger partial charge in [0.15, 0.2) is 0 Å². The van der Waals surface area contributed by atoms with Crippen LogP contribution in [0.3, 0.4) is 0 Å². The number of carbonyl (C=O) groups is 1. The van der Waals surface area contributed by atoms with Crippen LogP contribution in [-0.2, 0) is 11.2 Å². The Bertz CT molecular complexity index is 333. The predicted molar refractivity (Wildman–Crippen MR) is 57.1 cm³/mol. The van der Waals surface area contributed by atoms with Crippen molar-refractivity contribution in [1.82, 2.24) is 9.88 Å². The van der Waals surface area contributed by atoms with E-state index < -0.39 is 0 Å². The van der Waals surface area contributed by atoms with E-state index in [1.165, 1.54) is 5.56 Å². The van der Waals surface area contributed by atoms with Crippen LogP contribution in [0.5, 0.6) is 0 Å². The predicted octanol–water partition coefficient (Wildman–Crippen LogP) is 0.0412. The first-order chi connectivity index (χ1) is 7.25. The van der Waals surface area contributed by atoms with Gasteiger partial charge in [0.2, 0.25) is 5.91 Å². The quantitative estimate of drug-likeness (QED) is 0.755. The third-order valence-electron chi connectivity index (χ3n) is 2.80. The second-order valence-electron chi connectivity index (χ2n) is 3.97. The van der Waals surface area contributed by atoms with E-state index in [1.807, 2.05) is 12.3 Å². The van der Waals surface area contributed by atoms with Crippen molar-refractivity contribution in [2.75, 3.05) is 19.6 Å². The second kappa shape index (κ2) is 4.40. The van der Waals surface area contributed by atoms with Gasteiger partial charge in [-0.05, 0) is 18.1 Å². The number of amides is 1. The average molecular weight is 205 g/mol. The summed E-state index contributed by atoms with van der Waals surface area (Å²) in [6.07, 6.45) is 4.64. The standard InChI is InChI=1S/C11H15N3O/c12-11(15)10-7-14(8-10)5-3-9-2-1-4-13-6-9/h1-2,4,6,10H,3,5,7-8H2,(H2,12,15). The molecule has 1 aromatic rings. The van der Waals surface area contributed by atoms with Crippen molar-refractivity contribution in [1.29, 1.82) is 0 Å². The number of pyridine rings is 1. The van der Waals surface area contributed by atoms with Crippen LogP contribution in [0.4, 0.5) is 0 Å². The highest BCUT2D eigenvalue weighted by Crippen LogP contribution is 2.14. The number of primary amides is 1. The van der Waals surface area contributed by atoms with Gasteiger partial charge in [0.25, 0.3) is 0 Å². The lowest BCUT2D eigenvalue weighted by Gasteiger charge is -2.37. The van der Waals surface area contributed by atoms with Gasteiger partial charge in [0.05, 0.1) is 5.92 Å². The van der Waals surface area contributed by atoms with Crippen LogP contribution in [0.25, 0.3) is 0 Å². The molecule has 0 unspecified atom stereocenters. The number of likely N-dealkylation sites (tertiary alicyclic amines) is 1. The lowest BCUT2D eigenvalue weighted by molar-refractivity contribution is -0.126. The third-order valence-corrected chi connectivity index (χ3v) is 2.80. The molecule has 0 aromatic carbocycles. The number of hydrogen-bond acceptors (Lipinski definition) is 3. The van der Waals surface area contributed by atoms with E-state index in [2.05, 4.69) is 16.0 Å². The van der Waals surface area contributed by atoms with Crippen molar-refractivity contribution >= 4 is 5.91 Å². The Morgan fingerprint density at radius 3 is 3.00 bits per heavy atom. The van der Waals surface area contributed by atoms with Gasteiger partial charge in [-0.3, -0.25) is 9.78 Å². The van der Waals surface area contributed by atoms with Gasteiger partial charge in [-0.1, -0.05) is 6.07 Å². The van der Waals surface area contributed by atoms with Crippen LogP contribution in [0, 0.1) is 5.92 Å². The monoisotopic (exact) mass is 205 g/mol. The largest absolute Gasteiger partial charge is 0.369 e. The molecule has 0 radical (unpaired) electrons. The second-order valence-corrected chi connectivity index (χ2v) is 3.97. The Balaban J connectivity index is 1.71. The van der Waals surface area contributed by atoms with Crippen molar-refractivity contribution in [2.45, 2.75) is 6.42 Å². The van der Waals surface area contributed by atoms with Crippen LogP contribution in [-0.4, -0.2) is 35.4 Å². The molecule has 4 heteroatoms. The normalized spacial score (nSPS) is 17.3. The summed E-state index contributed by atoms with van der Waals surface area (Å²) in [5.41, 5.74) is 6.43. The van der Waals surface area contributed by atoms with Crippen molar-refractivity contribution in [3.63, 3.8) is 0 Å². The number of rotatable bonds is 4. The van der Waals surface area contributed by atoms with Crippen molar-refractivity contribution in [3.05, 3.63) is 30.1 Å². The average Bonchev–Trinajstić information content (AvgIpc) is 2.16. The van der Waals surface area contributed by atoms with Gasteiger partial charge in [-0.2, -0.15) is 0 Å². The van der Waals surface area contributed by atoms with Gasteiger partial charge in [-0.15, -0.1) is 0 Å². The molecule has 2 rings (SSSR count). The molecule has 4 nitrogen and oxygen atoms in total. The van der Waals surface area contributed by atoms with Crippen LogP contribution in [0.15, 0.2) is 24.5 Å². The molecule has 1 fully saturated rings. The first kappa shape index (κ1) is 10.1. The zero-order valence-corrected chi connectivity index (χ0v) is 8.60. The summed E-state index contributed by atoms with van der Waals surface area (Å²) in [5.74, 6) is -0.105. The molecular formula is C11H15N3O. The van der Waals surface area contributed by atoms with E-state index in [1.54, 1.807) is 6.20 Å². The molecule has 0 bridgehead atoms. The Morgan fingerprint density at radius 1 is 1.60 bits per heavy atom. The molecule has 15 heavy (non-hydrogen) atoms. The van der Waals surface area contributed by atoms with Crippen LogP contribution >= 0.6 is 0 Å². The highest BCUT2D eigenvalue weighted by molar-refractivity contribution is 5.78. The fourth-order valence-electron chi connectivity index (χ4n) is 1.77. The SMILES string of the molecule is NC(=O)C1CN(CCc2cccnc2)C1. The molecule has 1 amide bonds. The minimum atomic E-state index is -0.173. The fraction of sp³-hybridized carbons (Fsp3) is 0.455. The minimum Gasteiger partial charge on any atom is -0.369 e. The molecule has 0 saturated carbocycles. The first-order valence-corrected chi connectivity index (χ1v) is 5.16. The van der Waals surface area contributed by atoms with E-state index in [9.17, 15) is 4.79 Å². The number of carbonyl (C=O) groups excluding carboxylic acids is 1. The Labute approximate surface area is 89.1 Å². The highest BCUT2D eigenvalue weighted by Gasteiger charge is 2.30. The summed E-state index contributed by atoms with van der Waals surface area (Å²) >= 11 is 0. The molecular weight excluding hydrogens is 190 g/mol. The number of nitrogens with zero attached hydrogens (tertiary/aromatic N) is 2. The maximum absolute atomic E-state index is 10.8. The van der Waals surface area contributed by atoms with Gasteiger partial charge in [-0.25, -0.2) is 0 Å². The Kier molecular flexibility index (Phi) is 2.97. The van der Waals surface area contributed by atoms with E-state index in [0.29, 0.717) is 0 Å². The van der Waals surface area contributed by atoms with E-state index in [-0.39, 0.29) is 11.8 Å². The maximum atomic E-state index is 10.8. The molecule has 80 valence electrons. The van der Waals surface area contributed by atoms with Crippen LogP contribution in [0.2, 0.25) is 0 Å². The summed E-state index contributed by atoms with van der Waals surface area (Å²) < 4.78 is 0. The minimum absolute atomic E-state index is 0.0684. The summed E-state index contributed by atoms with van der Waals surface area (Å²) in [4.78, 5) is 17.1. The Hall–Kier alpha value is -1.42. The fourth-order valence-corrected chi connectivity index (χ4v) is 1.77. The summed E-state index contributed by atoms with van der Waals surface area (Å²) in [7, 11) is 0. The van der Waals surface area contributed by atoms with Crippen LogP contribution < -0.4 is 5.73 Å². The third kappa shape index (κ3) is 2.53. The van der Waals surface area contributed by atoms with Crippen LogP contribution in [0.1, 0.15) is 5.56 Å². The highest BCUT2D eigenvalue weighted by atomic mass is 16.1. The van der Waals surface area contributed by atoms with Gasteiger partial charge in [0.1, 0.15) is 0 Å². The molecule has 1 saturated heterocycles. The van der Waals surface area contributed by atoms with Crippen molar-refractivity contribution < 1.29 is 4.79 Å². The number of aromatic nitrogens is 1. The number of nitrogens with two attached hydrogens (primary N) is 1. The number of hydrogen-bond donors (Lipinski definition) is 1. The zero-order chi connectivity index (χ0) is 10.7. The Morgan fingerprint density at radius 2 is 2.40 bits per heavy atom. The molecule has 0 aliphatic carbocycles. The maximum Gasteiger partial charge on any atom is 0.223 e. The molecule has 1 aliphatic rings.